The zero-order valence-corrected chi connectivity index (χ0v) is 19.8. The van der Waals surface area contributed by atoms with Crippen molar-refractivity contribution in [3.05, 3.63) is 101 Å². The minimum absolute atomic E-state index is 0.111. The van der Waals surface area contributed by atoms with E-state index in [1.54, 1.807) is 48.4 Å². The number of rotatable bonds is 7. The number of nitrogens with zero attached hydrogens (tertiary/aromatic N) is 2. The summed E-state index contributed by atoms with van der Waals surface area (Å²) in [7, 11) is 1.57. The van der Waals surface area contributed by atoms with E-state index in [1.165, 1.54) is 4.90 Å². The molecule has 0 saturated carbocycles. The molecular formula is C28H28N2O5. The fraction of sp³-hybridized carbons (Fsp3) is 0.250. The predicted octanol–water partition coefficient (Wildman–Crippen LogP) is 3.68. The van der Waals surface area contributed by atoms with E-state index in [1.807, 2.05) is 43.3 Å². The van der Waals surface area contributed by atoms with Crippen LogP contribution < -0.4 is 4.74 Å². The van der Waals surface area contributed by atoms with E-state index in [2.05, 4.69) is 0 Å². The van der Waals surface area contributed by atoms with Gasteiger partial charge in [-0.15, -0.1) is 0 Å². The molecule has 0 spiro atoms. The Bertz CT molecular complexity index is 1220. The van der Waals surface area contributed by atoms with Gasteiger partial charge in [-0.05, 0) is 47.9 Å². The molecule has 35 heavy (non-hydrogen) atoms. The lowest BCUT2D eigenvalue weighted by atomic mass is 9.92. The first-order chi connectivity index (χ1) is 16.9. The lowest BCUT2D eigenvalue weighted by molar-refractivity contribution is -0.147. The lowest BCUT2D eigenvalue weighted by Gasteiger charge is -2.38. The van der Waals surface area contributed by atoms with Crippen LogP contribution in [-0.4, -0.2) is 52.4 Å². The number of hydrogen-bond donors (Lipinski definition) is 1. The topological polar surface area (TPSA) is 87.2 Å². The first kappa shape index (κ1) is 24.0. The van der Waals surface area contributed by atoms with Crippen molar-refractivity contribution in [3.8, 4) is 5.75 Å². The second kappa shape index (κ2) is 10.4. The number of carbonyl (C=O) groups is 3. The highest BCUT2D eigenvalue weighted by Gasteiger charge is 2.37. The first-order valence-corrected chi connectivity index (χ1v) is 11.4. The number of carboxylic acid groups (broad SMARTS) is 1. The van der Waals surface area contributed by atoms with Crippen molar-refractivity contribution in [3.63, 3.8) is 0 Å². The van der Waals surface area contributed by atoms with E-state index >= 15 is 0 Å². The summed E-state index contributed by atoms with van der Waals surface area (Å²) in [5.41, 5.74) is 4.27. The highest BCUT2D eigenvalue weighted by Crippen LogP contribution is 2.27. The molecule has 1 aliphatic heterocycles. The summed E-state index contributed by atoms with van der Waals surface area (Å²) >= 11 is 0. The van der Waals surface area contributed by atoms with Crippen molar-refractivity contribution in [1.29, 1.82) is 0 Å². The number of carboxylic acids is 1. The standard InChI is InChI=1S/C28H28N2O5/c1-19-7-11-21(12-8-19)27(33)30-17-23-6-4-3-5-22(23)15-25(30)28(34)29(18-26(31)32)16-20-9-13-24(35-2)14-10-20/h3-14,25H,15-18H2,1-2H3,(H,31,32)/t25-/m1/s1. The molecule has 7 heteroatoms. The normalized spacial score (nSPS) is 14.7. The van der Waals surface area contributed by atoms with E-state index < -0.39 is 24.5 Å². The van der Waals surface area contributed by atoms with Gasteiger partial charge in [-0.25, -0.2) is 0 Å². The minimum atomic E-state index is -1.11. The number of benzene rings is 3. The van der Waals surface area contributed by atoms with Gasteiger partial charge < -0.3 is 19.6 Å². The second-order valence-corrected chi connectivity index (χ2v) is 8.72. The predicted molar refractivity (Wildman–Crippen MR) is 131 cm³/mol. The molecule has 0 fully saturated rings. The molecule has 1 atom stereocenters. The van der Waals surface area contributed by atoms with Gasteiger partial charge in [0.15, 0.2) is 0 Å². The van der Waals surface area contributed by atoms with Gasteiger partial charge in [-0.3, -0.25) is 14.4 Å². The van der Waals surface area contributed by atoms with E-state index in [9.17, 15) is 19.5 Å². The maximum Gasteiger partial charge on any atom is 0.323 e. The van der Waals surface area contributed by atoms with Crippen LogP contribution in [0, 0.1) is 6.92 Å². The molecule has 3 aromatic rings. The van der Waals surface area contributed by atoms with Crippen LogP contribution in [0.3, 0.4) is 0 Å². The van der Waals surface area contributed by atoms with Crippen molar-refractivity contribution in [2.24, 2.45) is 0 Å². The van der Waals surface area contributed by atoms with Crippen LogP contribution in [-0.2, 0) is 29.1 Å². The lowest BCUT2D eigenvalue weighted by Crippen LogP contribution is -2.54. The number of aryl methyl sites for hydroxylation is 1. The summed E-state index contributed by atoms with van der Waals surface area (Å²) in [6.45, 7) is 1.87. The smallest absolute Gasteiger partial charge is 0.323 e. The monoisotopic (exact) mass is 472 g/mol. The van der Waals surface area contributed by atoms with Gasteiger partial charge in [0, 0.05) is 25.1 Å². The number of hydrogen-bond acceptors (Lipinski definition) is 4. The number of aliphatic carboxylic acids is 1. The maximum atomic E-state index is 13.8. The van der Waals surface area contributed by atoms with E-state index in [0.29, 0.717) is 17.7 Å². The molecule has 1 heterocycles. The van der Waals surface area contributed by atoms with Crippen LogP contribution >= 0.6 is 0 Å². The second-order valence-electron chi connectivity index (χ2n) is 8.72. The van der Waals surface area contributed by atoms with E-state index in [4.69, 9.17) is 4.74 Å². The highest BCUT2D eigenvalue weighted by molar-refractivity contribution is 5.98. The molecule has 0 aliphatic carbocycles. The minimum Gasteiger partial charge on any atom is -0.497 e. The Labute approximate surface area is 204 Å². The van der Waals surface area contributed by atoms with Gasteiger partial charge in [-0.2, -0.15) is 0 Å². The number of fused-ring (bicyclic) bond motifs is 1. The van der Waals surface area contributed by atoms with Crippen LogP contribution in [0.5, 0.6) is 5.75 Å². The average Bonchev–Trinajstić information content (AvgIpc) is 2.87. The summed E-state index contributed by atoms with van der Waals surface area (Å²) in [5, 5.41) is 9.53. The molecule has 7 nitrogen and oxygen atoms in total. The molecule has 1 N–H and O–H groups in total. The summed E-state index contributed by atoms with van der Waals surface area (Å²) < 4.78 is 5.19. The van der Waals surface area contributed by atoms with Crippen molar-refractivity contribution in [2.75, 3.05) is 13.7 Å². The van der Waals surface area contributed by atoms with Gasteiger partial charge in [-0.1, -0.05) is 54.1 Å². The molecule has 3 aromatic carbocycles. The van der Waals surface area contributed by atoms with Gasteiger partial charge in [0.25, 0.3) is 5.91 Å². The van der Waals surface area contributed by atoms with Crippen molar-refractivity contribution < 1.29 is 24.2 Å². The fourth-order valence-electron chi connectivity index (χ4n) is 4.36. The Balaban J connectivity index is 1.66. The number of ether oxygens (including phenoxy) is 1. The van der Waals surface area contributed by atoms with Gasteiger partial charge in [0.2, 0.25) is 5.91 Å². The average molecular weight is 473 g/mol. The molecule has 1 aliphatic rings. The Morgan fingerprint density at radius 2 is 1.63 bits per heavy atom. The van der Waals surface area contributed by atoms with Crippen molar-refractivity contribution in [1.82, 2.24) is 9.80 Å². The molecule has 180 valence electrons. The Morgan fingerprint density at radius 1 is 0.971 bits per heavy atom. The van der Waals surface area contributed by atoms with Crippen LogP contribution in [0.1, 0.15) is 32.6 Å². The Kier molecular flexibility index (Phi) is 7.15. The molecule has 0 saturated heterocycles. The first-order valence-electron chi connectivity index (χ1n) is 11.4. The largest absolute Gasteiger partial charge is 0.497 e. The number of amides is 2. The third kappa shape index (κ3) is 5.51. The van der Waals surface area contributed by atoms with Crippen molar-refractivity contribution >= 4 is 17.8 Å². The van der Waals surface area contributed by atoms with Gasteiger partial charge >= 0.3 is 5.97 Å². The highest BCUT2D eigenvalue weighted by atomic mass is 16.5. The summed E-state index contributed by atoms with van der Waals surface area (Å²) in [5.74, 6) is -1.08. The number of carbonyl (C=O) groups excluding carboxylic acids is 2. The quantitative estimate of drug-likeness (QED) is 0.567. The molecule has 4 rings (SSSR count). The van der Waals surface area contributed by atoms with Crippen LogP contribution in [0.2, 0.25) is 0 Å². The fourth-order valence-corrected chi connectivity index (χ4v) is 4.36. The third-order valence-electron chi connectivity index (χ3n) is 6.26. The van der Waals surface area contributed by atoms with E-state index in [0.717, 1.165) is 22.3 Å². The zero-order chi connectivity index (χ0) is 24.9. The molecule has 2 amide bonds. The zero-order valence-electron chi connectivity index (χ0n) is 19.8. The van der Waals surface area contributed by atoms with Crippen molar-refractivity contribution in [2.45, 2.75) is 32.5 Å². The SMILES string of the molecule is COc1ccc(CN(CC(=O)O)C(=O)[C@H]2Cc3ccccc3CN2C(=O)c2ccc(C)cc2)cc1. The molecule has 0 radical (unpaired) electrons. The van der Waals surface area contributed by atoms with Gasteiger partial charge in [0.05, 0.1) is 7.11 Å². The maximum absolute atomic E-state index is 13.8. The van der Waals surface area contributed by atoms with Gasteiger partial charge in [0.1, 0.15) is 18.3 Å². The molecule has 0 unspecified atom stereocenters. The van der Waals surface area contributed by atoms with E-state index in [-0.39, 0.29) is 19.0 Å². The summed E-state index contributed by atoms with van der Waals surface area (Å²) in [6.07, 6.45) is 0.325. The van der Waals surface area contributed by atoms with Crippen LogP contribution in [0.15, 0.2) is 72.8 Å². The Hall–Kier alpha value is -4.13. The number of methoxy groups -OCH3 is 1. The van der Waals surface area contributed by atoms with Crippen LogP contribution in [0.25, 0.3) is 0 Å². The molecule has 0 bridgehead atoms. The molecule has 0 aromatic heterocycles. The molecular weight excluding hydrogens is 444 g/mol. The summed E-state index contributed by atoms with van der Waals surface area (Å²) in [6, 6.07) is 21.3. The Morgan fingerprint density at radius 3 is 2.26 bits per heavy atom. The third-order valence-corrected chi connectivity index (χ3v) is 6.26. The summed E-state index contributed by atoms with van der Waals surface area (Å²) in [4.78, 5) is 41.9. The van der Waals surface area contributed by atoms with Crippen LogP contribution in [0.4, 0.5) is 0 Å².